The molecule has 1 aromatic rings. The largest absolute Gasteiger partial charge is 0.507 e. The molecular weight excluding hydrogens is 436 g/mol. The van der Waals surface area contributed by atoms with Gasteiger partial charge in [0, 0.05) is 5.56 Å². The Morgan fingerprint density at radius 2 is 1.40 bits per heavy atom. The van der Waals surface area contributed by atoms with Gasteiger partial charge in [0.1, 0.15) is 18.1 Å². The molecule has 0 heterocycles. The molecule has 0 saturated carbocycles. The molecule has 2 unspecified atom stereocenters. The summed E-state index contributed by atoms with van der Waals surface area (Å²) in [4.78, 5) is 11.3. The van der Waals surface area contributed by atoms with E-state index in [2.05, 4.69) is 40.7 Å². The minimum atomic E-state index is -0.929. The van der Waals surface area contributed by atoms with Gasteiger partial charge in [-0.1, -0.05) is 78.2 Å². The fourth-order valence-electron chi connectivity index (χ4n) is 4.80. The quantitative estimate of drug-likeness (QED) is 0.215. The maximum atomic E-state index is 11.3. The summed E-state index contributed by atoms with van der Waals surface area (Å²) in [5, 5.41) is 19.6. The van der Waals surface area contributed by atoms with E-state index in [-0.39, 0.29) is 12.2 Å². The Hall–Kier alpha value is -1.97. The van der Waals surface area contributed by atoms with E-state index in [9.17, 15) is 15.0 Å². The summed E-state index contributed by atoms with van der Waals surface area (Å²) < 4.78 is 6.05. The van der Waals surface area contributed by atoms with Gasteiger partial charge in [0.25, 0.3) is 0 Å². The molecule has 200 valence electrons. The van der Waals surface area contributed by atoms with Crippen molar-refractivity contribution in [3.63, 3.8) is 0 Å². The first kappa shape index (κ1) is 31.1. The van der Waals surface area contributed by atoms with Crippen molar-refractivity contribution in [2.45, 2.75) is 120 Å². The number of benzene rings is 1. The summed E-state index contributed by atoms with van der Waals surface area (Å²) in [5.41, 5.74) is 4.00. The second-order valence-electron chi connectivity index (χ2n) is 11.3. The molecular formula is C31H52O4. The van der Waals surface area contributed by atoms with Crippen LogP contribution < -0.4 is 4.74 Å². The normalized spacial score (nSPS) is 13.8. The van der Waals surface area contributed by atoms with E-state index in [1.165, 1.54) is 56.9 Å². The van der Waals surface area contributed by atoms with Crippen molar-refractivity contribution in [2.24, 2.45) is 17.8 Å². The molecule has 0 radical (unpaired) electrons. The number of aromatic hydroxyl groups is 1. The van der Waals surface area contributed by atoms with Crippen LogP contribution >= 0.6 is 0 Å². The highest BCUT2D eigenvalue weighted by Crippen LogP contribution is 2.37. The molecule has 0 fully saturated rings. The zero-order valence-corrected chi connectivity index (χ0v) is 23.8. The Bertz CT molecular complexity index is 822. The van der Waals surface area contributed by atoms with E-state index < -0.39 is 5.97 Å². The van der Waals surface area contributed by atoms with Crippen LogP contribution in [0, 0.1) is 38.5 Å². The number of hydrogen-bond donors (Lipinski definition) is 2. The Kier molecular flexibility index (Phi) is 14.1. The SMILES string of the molecule is CC(=CCOc1c(C)c(C)c(O)c(C)c1CC(=O)O)CCCC(C)CCCC(C)CCCC(C)C. The van der Waals surface area contributed by atoms with Crippen LogP contribution in [0.25, 0.3) is 0 Å². The van der Waals surface area contributed by atoms with Crippen LogP contribution in [-0.2, 0) is 11.2 Å². The molecule has 0 aromatic heterocycles. The Morgan fingerprint density at radius 1 is 0.857 bits per heavy atom. The molecule has 0 aliphatic carbocycles. The van der Waals surface area contributed by atoms with Crippen LogP contribution in [0.2, 0.25) is 0 Å². The smallest absolute Gasteiger partial charge is 0.307 e. The maximum absolute atomic E-state index is 11.3. The zero-order valence-electron chi connectivity index (χ0n) is 23.8. The summed E-state index contributed by atoms with van der Waals surface area (Å²) >= 11 is 0. The van der Waals surface area contributed by atoms with Gasteiger partial charge >= 0.3 is 5.97 Å². The molecule has 35 heavy (non-hydrogen) atoms. The van der Waals surface area contributed by atoms with Gasteiger partial charge in [-0.25, -0.2) is 0 Å². The van der Waals surface area contributed by atoms with E-state index in [4.69, 9.17) is 4.74 Å². The molecule has 4 heteroatoms. The highest BCUT2D eigenvalue weighted by molar-refractivity contribution is 5.74. The van der Waals surface area contributed by atoms with Crippen LogP contribution in [0.4, 0.5) is 0 Å². The second-order valence-corrected chi connectivity index (χ2v) is 11.3. The average Bonchev–Trinajstić information content (AvgIpc) is 2.77. The first-order chi connectivity index (χ1) is 16.4. The van der Waals surface area contributed by atoms with Crippen molar-refractivity contribution in [3.8, 4) is 11.5 Å². The van der Waals surface area contributed by atoms with E-state index in [0.717, 1.165) is 35.3 Å². The number of phenolic OH excluding ortho intramolecular Hbond substituents is 1. The van der Waals surface area contributed by atoms with E-state index in [0.29, 0.717) is 23.5 Å². The Balaban J connectivity index is 2.44. The van der Waals surface area contributed by atoms with Crippen LogP contribution in [0.3, 0.4) is 0 Å². The Morgan fingerprint density at radius 3 is 1.94 bits per heavy atom. The van der Waals surface area contributed by atoms with Crippen molar-refractivity contribution in [3.05, 3.63) is 33.9 Å². The Labute approximate surface area is 215 Å². The summed E-state index contributed by atoms with van der Waals surface area (Å²) in [6.45, 7) is 17.4. The van der Waals surface area contributed by atoms with Gasteiger partial charge in [-0.05, 0) is 81.1 Å². The molecule has 1 rings (SSSR count). The van der Waals surface area contributed by atoms with Gasteiger partial charge in [0.05, 0.1) is 6.42 Å². The standard InChI is InChI=1S/C31H52O4/c1-21(2)12-9-13-22(3)14-10-15-23(4)16-11-17-24(5)18-19-35-31-26(7)25(6)30(34)27(8)28(31)20-29(32)33/h18,21-23,34H,9-17,19-20H2,1-8H3,(H,32,33). The van der Waals surface area contributed by atoms with Gasteiger partial charge in [0.15, 0.2) is 0 Å². The number of phenols is 1. The fraction of sp³-hybridized carbons (Fsp3) is 0.710. The first-order valence-corrected chi connectivity index (χ1v) is 13.8. The summed E-state index contributed by atoms with van der Waals surface area (Å²) in [6.07, 6.45) is 13.6. The van der Waals surface area contributed by atoms with E-state index in [1.54, 1.807) is 6.92 Å². The van der Waals surface area contributed by atoms with Crippen molar-refractivity contribution >= 4 is 5.97 Å². The minimum Gasteiger partial charge on any atom is -0.507 e. The first-order valence-electron chi connectivity index (χ1n) is 13.8. The van der Waals surface area contributed by atoms with E-state index in [1.807, 2.05) is 13.8 Å². The fourth-order valence-corrected chi connectivity index (χ4v) is 4.80. The average molecular weight is 489 g/mol. The number of hydrogen-bond acceptors (Lipinski definition) is 3. The second kappa shape index (κ2) is 15.9. The maximum Gasteiger partial charge on any atom is 0.307 e. The lowest BCUT2D eigenvalue weighted by molar-refractivity contribution is -0.136. The van der Waals surface area contributed by atoms with Gasteiger partial charge in [-0.2, -0.15) is 0 Å². The number of ether oxygens (including phenoxy) is 1. The molecule has 0 aliphatic rings. The molecule has 2 atom stereocenters. The summed E-state index contributed by atoms with van der Waals surface area (Å²) in [7, 11) is 0. The monoisotopic (exact) mass is 488 g/mol. The van der Waals surface area contributed by atoms with Crippen molar-refractivity contribution in [1.29, 1.82) is 0 Å². The van der Waals surface area contributed by atoms with Gasteiger partial charge < -0.3 is 14.9 Å². The van der Waals surface area contributed by atoms with Gasteiger partial charge in [0.2, 0.25) is 0 Å². The van der Waals surface area contributed by atoms with E-state index >= 15 is 0 Å². The molecule has 2 N–H and O–H groups in total. The molecule has 0 aliphatic heterocycles. The third-order valence-electron chi connectivity index (χ3n) is 7.47. The van der Waals surface area contributed by atoms with Gasteiger partial charge in [-0.15, -0.1) is 0 Å². The number of carbonyl (C=O) groups is 1. The zero-order chi connectivity index (χ0) is 26.5. The lowest BCUT2D eigenvalue weighted by atomic mass is 9.91. The predicted octanol–water partition coefficient (Wildman–Crippen LogP) is 8.71. The number of carboxylic acid groups (broad SMARTS) is 1. The predicted molar refractivity (Wildman–Crippen MR) is 148 cm³/mol. The van der Waals surface area contributed by atoms with Crippen molar-refractivity contribution in [2.75, 3.05) is 6.61 Å². The number of allylic oxidation sites excluding steroid dienone is 1. The number of carboxylic acids is 1. The van der Waals surface area contributed by atoms with Crippen molar-refractivity contribution < 1.29 is 19.7 Å². The molecule has 1 aromatic carbocycles. The van der Waals surface area contributed by atoms with Crippen LogP contribution in [0.5, 0.6) is 11.5 Å². The molecule has 0 bridgehead atoms. The van der Waals surface area contributed by atoms with Crippen LogP contribution in [0.1, 0.15) is 115 Å². The van der Waals surface area contributed by atoms with Crippen molar-refractivity contribution in [1.82, 2.24) is 0 Å². The lowest BCUT2D eigenvalue weighted by Crippen LogP contribution is -2.09. The molecule has 4 nitrogen and oxygen atoms in total. The summed E-state index contributed by atoms with van der Waals surface area (Å²) in [5.74, 6) is 2.27. The van der Waals surface area contributed by atoms with Crippen LogP contribution in [0.15, 0.2) is 11.6 Å². The number of rotatable bonds is 17. The highest BCUT2D eigenvalue weighted by Gasteiger charge is 2.20. The highest BCUT2D eigenvalue weighted by atomic mass is 16.5. The molecule has 0 amide bonds. The van der Waals surface area contributed by atoms with Gasteiger partial charge in [-0.3, -0.25) is 4.79 Å². The third kappa shape index (κ3) is 11.5. The lowest BCUT2D eigenvalue weighted by Gasteiger charge is -2.19. The third-order valence-corrected chi connectivity index (χ3v) is 7.47. The minimum absolute atomic E-state index is 0.160. The number of aliphatic carboxylic acids is 1. The van der Waals surface area contributed by atoms with Crippen LogP contribution in [-0.4, -0.2) is 22.8 Å². The molecule has 0 saturated heterocycles. The molecule has 0 spiro atoms. The topological polar surface area (TPSA) is 66.8 Å². The summed E-state index contributed by atoms with van der Waals surface area (Å²) in [6, 6.07) is 0.